The molecule has 0 radical (unpaired) electrons. The van der Waals surface area contributed by atoms with Gasteiger partial charge >= 0.3 is 5.97 Å². The third-order valence-electron chi connectivity index (χ3n) is 4.75. The molecule has 7 heteroatoms. The van der Waals surface area contributed by atoms with Crippen LogP contribution in [0.3, 0.4) is 0 Å². The molecule has 0 spiro atoms. The highest BCUT2D eigenvalue weighted by atomic mass is 16.5. The van der Waals surface area contributed by atoms with Crippen molar-refractivity contribution in [1.82, 2.24) is 9.55 Å². The second-order valence-electron chi connectivity index (χ2n) is 6.76. The molecule has 0 unspecified atom stereocenters. The fraction of sp³-hybridized carbons (Fsp3) is 0.261. The zero-order valence-corrected chi connectivity index (χ0v) is 17.6. The average Bonchev–Trinajstić information content (AvgIpc) is 2.76. The first-order chi connectivity index (χ1) is 14.5. The third-order valence-corrected chi connectivity index (χ3v) is 4.75. The van der Waals surface area contributed by atoms with Gasteiger partial charge in [0.1, 0.15) is 0 Å². The number of carbonyl (C=O) groups is 1. The van der Waals surface area contributed by atoms with Crippen LogP contribution in [0, 0.1) is 0 Å². The smallest absolute Gasteiger partial charge is 0.361 e. The molecule has 3 rings (SSSR count). The van der Waals surface area contributed by atoms with Gasteiger partial charge in [0.25, 0.3) is 5.56 Å². The van der Waals surface area contributed by atoms with Crippen LogP contribution >= 0.6 is 0 Å². The van der Waals surface area contributed by atoms with E-state index in [-0.39, 0.29) is 18.1 Å². The van der Waals surface area contributed by atoms with Gasteiger partial charge in [-0.2, -0.15) is 0 Å². The van der Waals surface area contributed by atoms with E-state index in [2.05, 4.69) is 23.2 Å². The number of hydrogen-bond acceptors (Lipinski definition) is 6. The minimum absolute atomic E-state index is 0.124. The maximum absolute atomic E-state index is 12.8. The SMILES string of the molecule is CCOC(=O)c1nc(N(C)Cc2ccccc2-c2ccccc2)n(C)c(=O)c1OC. The second-order valence-corrected chi connectivity index (χ2v) is 6.76. The fourth-order valence-electron chi connectivity index (χ4n) is 3.32. The van der Waals surface area contributed by atoms with Gasteiger partial charge in [-0.15, -0.1) is 0 Å². The Morgan fingerprint density at radius 2 is 1.77 bits per heavy atom. The number of ether oxygens (including phenoxy) is 2. The van der Waals surface area contributed by atoms with Crippen LogP contribution in [0.15, 0.2) is 59.4 Å². The van der Waals surface area contributed by atoms with E-state index in [9.17, 15) is 9.59 Å². The normalized spacial score (nSPS) is 10.5. The standard InChI is InChI=1S/C23H25N3O4/c1-5-30-22(28)19-20(29-4)21(27)26(3)23(24-19)25(2)15-17-13-9-10-14-18(17)16-11-7-6-8-12-16/h6-14H,5,15H2,1-4H3. The maximum Gasteiger partial charge on any atom is 0.361 e. The molecule has 0 saturated carbocycles. The minimum atomic E-state index is -0.689. The van der Waals surface area contributed by atoms with Crippen LogP contribution in [-0.4, -0.2) is 36.3 Å². The van der Waals surface area contributed by atoms with Crippen molar-refractivity contribution >= 4 is 11.9 Å². The lowest BCUT2D eigenvalue weighted by Gasteiger charge is -2.23. The molecule has 0 aliphatic rings. The summed E-state index contributed by atoms with van der Waals surface area (Å²) < 4.78 is 11.6. The number of anilines is 1. The lowest BCUT2D eigenvalue weighted by atomic mass is 9.99. The van der Waals surface area contributed by atoms with Crippen molar-refractivity contribution < 1.29 is 14.3 Å². The van der Waals surface area contributed by atoms with Crippen molar-refractivity contribution in [3.05, 3.63) is 76.2 Å². The van der Waals surface area contributed by atoms with E-state index < -0.39 is 11.5 Å². The summed E-state index contributed by atoms with van der Waals surface area (Å²) in [5.41, 5.74) is 2.68. The Morgan fingerprint density at radius 1 is 1.10 bits per heavy atom. The van der Waals surface area contributed by atoms with Crippen LogP contribution in [0.25, 0.3) is 11.1 Å². The predicted octanol–water partition coefficient (Wildman–Crippen LogP) is 3.27. The molecule has 0 saturated heterocycles. The van der Waals surface area contributed by atoms with Gasteiger partial charge in [0, 0.05) is 20.6 Å². The minimum Gasteiger partial charge on any atom is -0.489 e. The molecule has 3 aromatic rings. The molecule has 0 fully saturated rings. The third kappa shape index (κ3) is 4.20. The van der Waals surface area contributed by atoms with Gasteiger partial charge in [0.05, 0.1) is 13.7 Å². The van der Waals surface area contributed by atoms with Crippen molar-refractivity contribution in [1.29, 1.82) is 0 Å². The first-order valence-electron chi connectivity index (χ1n) is 9.64. The summed E-state index contributed by atoms with van der Waals surface area (Å²) >= 11 is 0. The molecule has 0 aliphatic carbocycles. The molecular weight excluding hydrogens is 382 g/mol. The van der Waals surface area contributed by atoms with Crippen molar-refractivity contribution in [3.8, 4) is 16.9 Å². The number of hydrogen-bond donors (Lipinski definition) is 0. The van der Waals surface area contributed by atoms with Crippen LogP contribution in [0.4, 0.5) is 5.95 Å². The monoisotopic (exact) mass is 407 g/mol. The summed E-state index contributed by atoms with van der Waals surface area (Å²) in [6.45, 7) is 2.35. The molecule has 0 amide bonds. The van der Waals surface area contributed by atoms with E-state index >= 15 is 0 Å². The Labute approximate surface area is 175 Å². The van der Waals surface area contributed by atoms with Crippen molar-refractivity contribution in [3.63, 3.8) is 0 Å². The van der Waals surface area contributed by atoms with Gasteiger partial charge in [0.2, 0.25) is 11.7 Å². The Hall–Kier alpha value is -3.61. The summed E-state index contributed by atoms with van der Waals surface area (Å²) in [6.07, 6.45) is 0. The number of nitrogens with zero attached hydrogens (tertiary/aromatic N) is 3. The van der Waals surface area contributed by atoms with Crippen LogP contribution < -0.4 is 15.2 Å². The quantitative estimate of drug-likeness (QED) is 0.560. The molecule has 0 N–H and O–H groups in total. The zero-order chi connectivity index (χ0) is 21.7. The van der Waals surface area contributed by atoms with Crippen LogP contribution in [0.2, 0.25) is 0 Å². The topological polar surface area (TPSA) is 73.7 Å². The van der Waals surface area contributed by atoms with Crippen molar-refractivity contribution in [2.24, 2.45) is 7.05 Å². The number of methoxy groups -OCH3 is 1. The summed E-state index contributed by atoms with van der Waals surface area (Å²) in [7, 11) is 4.76. The Bertz CT molecular complexity index is 1090. The van der Waals surface area contributed by atoms with Gasteiger partial charge < -0.3 is 14.4 Å². The Morgan fingerprint density at radius 3 is 2.43 bits per heavy atom. The highest BCUT2D eigenvalue weighted by Gasteiger charge is 2.24. The first-order valence-corrected chi connectivity index (χ1v) is 9.64. The van der Waals surface area contributed by atoms with E-state index in [1.54, 1.807) is 14.0 Å². The zero-order valence-electron chi connectivity index (χ0n) is 17.6. The summed E-state index contributed by atoms with van der Waals surface area (Å²) in [5, 5.41) is 0. The van der Waals surface area contributed by atoms with Crippen LogP contribution in [0.1, 0.15) is 23.0 Å². The van der Waals surface area contributed by atoms with Crippen molar-refractivity contribution in [2.75, 3.05) is 25.7 Å². The number of carbonyl (C=O) groups excluding carboxylic acids is 1. The molecule has 156 valence electrons. The van der Waals surface area contributed by atoms with E-state index in [4.69, 9.17) is 9.47 Å². The van der Waals surface area contributed by atoms with Gasteiger partial charge in [-0.1, -0.05) is 54.6 Å². The van der Waals surface area contributed by atoms with Crippen LogP contribution in [-0.2, 0) is 18.3 Å². The van der Waals surface area contributed by atoms with Gasteiger partial charge in [-0.25, -0.2) is 9.78 Å². The molecule has 0 aliphatic heterocycles. The van der Waals surface area contributed by atoms with Crippen LogP contribution in [0.5, 0.6) is 5.75 Å². The summed E-state index contributed by atoms with van der Waals surface area (Å²) in [5.74, 6) is -0.476. The first kappa shape index (κ1) is 21.1. The second kappa shape index (κ2) is 9.26. The highest BCUT2D eigenvalue weighted by molar-refractivity contribution is 5.90. The van der Waals surface area contributed by atoms with Gasteiger partial charge in [-0.05, 0) is 23.6 Å². The predicted molar refractivity (Wildman–Crippen MR) is 116 cm³/mol. The van der Waals surface area contributed by atoms with E-state index in [0.29, 0.717) is 12.5 Å². The maximum atomic E-state index is 12.8. The van der Waals surface area contributed by atoms with E-state index in [1.807, 2.05) is 48.3 Å². The van der Waals surface area contributed by atoms with Gasteiger partial charge in [-0.3, -0.25) is 9.36 Å². The molecule has 0 atom stereocenters. The lowest BCUT2D eigenvalue weighted by molar-refractivity contribution is 0.0514. The molecule has 30 heavy (non-hydrogen) atoms. The summed E-state index contributed by atoms with van der Waals surface area (Å²) in [6, 6.07) is 18.1. The van der Waals surface area contributed by atoms with Crippen molar-refractivity contribution in [2.45, 2.75) is 13.5 Å². The molecule has 7 nitrogen and oxygen atoms in total. The molecule has 2 aromatic carbocycles. The largest absolute Gasteiger partial charge is 0.489 e. The number of aromatic nitrogens is 2. The van der Waals surface area contributed by atoms with E-state index in [1.165, 1.54) is 11.7 Å². The fourth-order valence-corrected chi connectivity index (χ4v) is 3.32. The molecular formula is C23H25N3O4. The molecule has 1 heterocycles. The highest BCUT2D eigenvalue weighted by Crippen LogP contribution is 2.26. The summed E-state index contributed by atoms with van der Waals surface area (Å²) in [4.78, 5) is 31.3. The molecule has 0 bridgehead atoms. The average molecular weight is 407 g/mol. The number of rotatable bonds is 7. The van der Waals surface area contributed by atoms with E-state index in [0.717, 1.165) is 16.7 Å². The van der Waals surface area contributed by atoms with Gasteiger partial charge in [0.15, 0.2) is 5.69 Å². The Balaban J connectivity index is 2.02. The Kier molecular flexibility index (Phi) is 6.51. The number of benzene rings is 2. The molecule has 1 aromatic heterocycles. The number of esters is 1. The lowest BCUT2D eigenvalue weighted by Crippen LogP contribution is -2.31.